The maximum Gasteiger partial charge on any atom is 0.324 e. The largest absolute Gasteiger partial charge is 0.465 e. The quantitative estimate of drug-likeness (QED) is 0.758. The molecule has 24 heavy (non-hydrogen) atoms. The fourth-order valence-corrected chi connectivity index (χ4v) is 3.06. The van der Waals surface area contributed by atoms with Gasteiger partial charge in [-0.2, -0.15) is 4.72 Å². The molecule has 0 aliphatic carbocycles. The van der Waals surface area contributed by atoms with Crippen molar-refractivity contribution in [2.45, 2.75) is 52.0 Å². The Bertz CT molecular complexity index is 687. The maximum absolute atomic E-state index is 12.5. The fourth-order valence-electron chi connectivity index (χ4n) is 1.88. The van der Waals surface area contributed by atoms with E-state index in [4.69, 9.17) is 4.74 Å². The lowest BCUT2D eigenvalue weighted by molar-refractivity contribution is -0.147. The van der Waals surface area contributed by atoms with Crippen LogP contribution in [0.15, 0.2) is 29.2 Å². The molecule has 0 radical (unpaired) electrons. The molecule has 0 amide bonds. The predicted molar refractivity (Wildman–Crippen MR) is 91.0 cm³/mol. The zero-order chi connectivity index (χ0) is 18.5. The molecule has 0 saturated heterocycles. The van der Waals surface area contributed by atoms with Crippen LogP contribution < -0.4 is 4.72 Å². The molecule has 0 aromatic heterocycles. The van der Waals surface area contributed by atoms with Crippen LogP contribution in [0.4, 0.5) is 0 Å². The molecule has 6 nitrogen and oxygen atoms in total. The molecule has 134 valence electrons. The number of rotatable bonds is 7. The van der Waals surface area contributed by atoms with Crippen molar-refractivity contribution in [1.82, 2.24) is 4.72 Å². The van der Waals surface area contributed by atoms with Crippen LogP contribution in [0.5, 0.6) is 0 Å². The predicted octanol–water partition coefficient (Wildman–Crippen LogP) is 2.21. The number of nitrogens with one attached hydrogen (secondary N) is 1. The number of ketones is 1. The number of carbonyl (C=O) groups is 2. The highest BCUT2D eigenvalue weighted by atomic mass is 32.2. The number of aryl methyl sites for hydroxylation is 1. The van der Waals surface area contributed by atoms with Gasteiger partial charge >= 0.3 is 5.97 Å². The molecule has 0 unspecified atom stereocenters. The average molecular weight is 355 g/mol. The van der Waals surface area contributed by atoms with Crippen LogP contribution in [0.1, 0.15) is 39.7 Å². The van der Waals surface area contributed by atoms with Gasteiger partial charge in [0.05, 0.1) is 11.5 Å². The van der Waals surface area contributed by atoms with Crippen molar-refractivity contribution in [3.63, 3.8) is 0 Å². The van der Waals surface area contributed by atoms with E-state index in [1.807, 2.05) is 6.92 Å². The summed E-state index contributed by atoms with van der Waals surface area (Å²) in [6, 6.07) is 4.97. The summed E-state index contributed by atoms with van der Waals surface area (Å²) in [6.45, 7) is 8.71. The van der Waals surface area contributed by atoms with Gasteiger partial charge in [-0.05, 0) is 26.0 Å². The van der Waals surface area contributed by atoms with Crippen molar-refractivity contribution in [3.8, 4) is 0 Å². The van der Waals surface area contributed by atoms with E-state index < -0.39 is 27.4 Å². The number of hydrogen-bond acceptors (Lipinski definition) is 5. The van der Waals surface area contributed by atoms with Crippen LogP contribution in [0.3, 0.4) is 0 Å². The number of hydrogen-bond donors (Lipinski definition) is 1. The topological polar surface area (TPSA) is 89.5 Å². The highest BCUT2D eigenvalue weighted by molar-refractivity contribution is 7.89. The van der Waals surface area contributed by atoms with Gasteiger partial charge in [-0.3, -0.25) is 9.59 Å². The SMILES string of the molecule is CCOC(=O)[C@H](CC(=O)C(C)(C)C)NS(=O)(=O)c1ccc(C)cc1. The maximum atomic E-state index is 12.5. The summed E-state index contributed by atoms with van der Waals surface area (Å²) in [5, 5.41) is 0. The Hall–Kier alpha value is -1.73. The van der Waals surface area contributed by atoms with Crippen molar-refractivity contribution in [3.05, 3.63) is 29.8 Å². The summed E-state index contributed by atoms with van der Waals surface area (Å²) >= 11 is 0. The van der Waals surface area contributed by atoms with Gasteiger partial charge in [-0.1, -0.05) is 38.5 Å². The Morgan fingerprint density at radius 1 is 1.17 bits per heavy atom. The molecule has 7 heteroatoms. The van der Waals surface area contributed by atoms with Crippen LogP contribution in [0, 0.1) is 12.3 Å². The third-order valence-corrected chi connectivity index (χ3v) is 4.91. The smallest absolute Gasteiger partial charge is 0.324 e. The first-order valence-electron chi connectivity index (χ1n) is 7.76. The second-order valence-electron chi connectivity index (χ2n) is 6.62. The summed E-state index contributed by atoms with van der Waals surface area (Å²) in [7, 11) is -3.93. The van der Waals surface area contributed by atoms with E-state index in [9.17, 15) is 18.0 Å². The molecule has 1 aromatic rings. The highest BCUT2D eigenvalue weighted by Crippen LogP contribution is 2.19. The number of esters is 1. The standard InChI is InChI=1S/C17H25NO5S/c1-6-23-16(20)14(11-15(19)17(3,4)5)18-24(21,22)13-9-7-12(2)8-10-13/h7-10,14,18H,6,11H2,1-5H3/t14-/m0/s1. The van der Waals surface area contributed by atoms with E-state index >= 15 is 0 Å². The molecule has 0 aliphatic heterocycles. The summed E-state index contributed by atoms with van der Waals surface area (Å²) in [4.78, 5) is 24.3. The first kappa shape index (κ1) is 20.3. The fraction of sp³-hybridized carbons (Fsp3) is 0.529. The second kappa shape index (κ2) is 7.90. The molecule has 0 saturated carbocycles. The lowest BCUT2D eigenvalue weighted by Crippen LogP contribution is -2.44. The van der Waals surface area contributed by atoms with Crippen LogP contribution >= 0.6 is 0 Å². The van der Waals surface area contributed by atoms with E-state index in [1.54, 1.807) is 39.8 Å². The van der Waals surface area contributed by atoms with Crippen LogP contribution in [-0.2, 0) is 24.3 Å². The minimum atomic E-state index is -3.93. The number of benzene rings is 1. The molecule has 1 N–H and O–H groups in total. The molecule has 1 aromatic carbocycles. The Labute approximate surface area is 143 Å². The molecule has 0 aliphatic rings. The van der Waals surface area contributed by atoms with Crippen LogP contribution in [0.25, 0.3) is 0 Å². The van der Waals surface area contributed by atoms with Gasteiger partial charge in [-0.25, -0.2) is 8.42 Å². The lowest BCUT2D eigenvalue weighted by atomic mass is 9.87. The second-order valence-corrected chi connectivity index (χ2v) is 8.33. The van der Waals surface area contributed by atoms with Gasteiger partial charge in [0, 0.05) is 11.8 Å². The molecular weight excluding hydrogens is 330 g/mol. The summed E-state index contributed by atoms with van der Waals surface area (Å²) in [5.74, 6) is -0.988. The van der Waals surface area contributed by atoms with Gasteiger partial charge in [0.25, 0.3) is 0 Å². The number of ether oxygens (including phenoxy) is 1. The van der Waals surface area contributed by atoms with Crippen molar-refractivity contribution in [2.24, 2.45) is 5.41 Å². The van der Waals surface area contributed by atoms with Gasteiger partial charge in [0.1, 0.15) is 11.8 Å². The minimum Gasteiger partial charge on any atom is -0.465 e. The van der Waals surface area contributed by atoms with Gasteiger partial charge in [0.15, 0.2) is 0 Å². The molecule has 1 atom stereocenters. The van der Waals surface area contributed by atoms with E-state index in [2.05, 4.69) is 4.72 Å². The van der Waals surface area contributed by atoms with E-state index in [0.29, 0.717) is 0 Å². The number of Topliss-reactive ketones (excluding diaryl/α,β-unsaturated/α-hetero) is 1. The summed E-state index contributed by atoms with van der Waals surface area (Å²) < 4.78 is 32.1. The van der Waals surface area contributed by atoms with Crippen molar-refractivity contribution < 1.29 is 22.7 Å². The first-order chi connectivity index (χ1) is 11.0. The molecule has 0 spiro atoms. The summed E-state index contributed by atoms with van der Waals surface area (Å²) in [6.07, 6.45) is -0.257. The van der Waals surface area contributed by atoms with E-state index in [1.165, 1.54) is 12.1 Å². The van der Waals surface area contributed by atoms with Crippen LogP contribution in [0.2, 0.25) is 0 Å². The van der Waals surface area contributed by atoms with E-state index in [0.717, 1.165) is 5.56 Å². The number of sulfonamides is 1. The number of carbonyl (C=O) groups excluding carboxylic acids is 2. The normalized spacial score (nSPS) is 13.4. The Morgan fingerprint density at radius 3 is 2.17 bits per heavy atom. The lowest BCUT2D eigenvalue weighted by Gasteiger charge is -2.22. The molecule has 0 heterocycles. The van der Waals surface area contributed by atoms with Crippen LogP contribution in [-0.4, -0.2) is 32.8 Å². The van der Waals surface area contributed by atoms with E-state index in [-0.39, 0.29) is 23.7 Å². The van der Waals surface area contributed by atoms with Gasteiger partial charge in [0.2, 0.25) is 10.0 Å². The Balaban J connectivity index is 3.05. The van der Waals surface area contributed by atoms with Crippen molar-refractivity contribution in [2.75, 3.05) is 6.61 Å². The highest BCUT2D eigenvalue weighted by Gasteiger charge is 2.32. The summed E-state index contributed by atoms with van der Waals surface area (Å²) in [5.41, 5.74) is 0.235. The monoisotopic (exact) mass is 355 g/mol. The van der Waals surface area contributed by atoms with Gasteiger partial charge < -0.3 is 4.74 Å². The van der Waals surface area contributed by atoms with Crippen molar-refractivity contribution in [1.29, 1.82) is 0 Å². The zero-order valence-corrected chi connectivity index (χ0v) is 15.6. The molecular formula is C17H25NO5S. The molecule has 1 rings (SSSR count). The third-order valence-electron chi connectivity index (χ3n) is 3.43. The Morgan fingerprint density at radius 2 is 1.71 bits per heavy atom. The minimum absolute atomic E-state index is 0.0330. The average Bonchev–Trinajstić information content (AvgIpc) is 2.46. The molecule has 0 fully saturated rings. The van der Waals surface area contributed by atoms with Gasteiger partial charge in [-0.15, -0.1) is 0 Å². The third kappa shape index (κ3) is 5.72. The molecule has 0 bridgehead atoms. The van der Waals surface area contributed by atoms with Crippen molar-refractivity contribution >= 4 is 21.8 Å². The zero-order valence-electron chi connectivity index (χ0n) is 14.8. The Kier molecular flexibility index (Phi) is 6.68. The first-order valence-corrected chi connectivity index (χ1v) is 9.24.